The Morgan fingerprint density at radius 2 is 1.23 bits per heavy atom. The van der Waals surface area contributed by atoms with E-state index in [0.717, 1.165) is 53.0 Å². The molecule has 2 heterocycles. The smallest absolute Gasteiger partial charge is 0.155 e. The molecule has 0 saturated carbocycles. The molecular weight excluding hydrogens is 727 g/mol. The molecule has 3 heteroatoms. The summed E-state index contributed by atoms with van der Waals surface area (Å²) in [6.45, 7) is 7.09. The van der Waals surface area contributed by atoms with Crippen LogP contribution in [-0.2, 0) is 5.41 Å². The van der Waals surface area contributed by atoms with Gasteiger partial charge in [-0.25, -0.2) is 4.99 Å². The van der Waals surface area contributed by atoms with Crippen molar-refractivity contribution in [2.75, 3.05) is 0 Å². The topological polar surface area (TPSA) is 40.5 Å². The van der Waals surface area contributed by atoms with Crippen molar-refractivity contribution in [2.24, 2.45) is 15.9 Å². The fourth-order valence-corrected chi connectivity index (χ4v) is 10.4. The second kappa shape index (κ2) is 14.5. The quantitative estimate of drug-likeness (QED) is 0.168. The van der Waals surface area contributed by atoms with Crippen molar-refractivity contribution in [3.05, 3.63) is 215 Å². The predicted molar refractivity (Wildman–Crippen MR) is 253 cm³/mol. The Morgan fingerprint density at radius 1 is 0.583 bits per heavy atom. The minimum atomic E-state index is -0.146. The van der Waals surface area contributed by atoms with Gasteiger partial charge in [0.2, 0.25) is 0 Å². The summed E-state index contributed by atoms with van der Waals surface area (Å²) in [5.74, 6) is 0.908. The summed E-state index contributed by atoms with van der Waals surface area (Å²) in [7, 11) is 0. The van der Waals surface area contributed by atoms with Crippen LogP contribution in [0.4, 0.5) is 0 Å². The number of aromatic amines is 1. The molecule has 1 aromatic heterocycles. The van der Waals surface area contributed by atoms with Crippen LogP contribution in [0.2, 0.25) is 0 Å². The largest absolute Gasteiger partial charge is 0.354 e. The maximum absolute atomic E-state index is 5.61. The van der Waals surface area contributed by atoms with Gasteiger partial charge in [-0.1, -0.05) is 172 Å². The molecule has 8 aromatic rings. The number of hydrogen-bond donors (Lipinski definition) is 1. The third-order valence-electron chi connectivity index (χ3n) is 13.3. The molecule has 11 rings (SSSR count). The molecule has 3 nitrogen and oxygen atoms in total. The Hall–Kier alpha value is -6.84. The number of hydrogen-bond acceptors (Lipinski definition) is 2. The van der Waals surface area contributed by atoms with Crippen LogP contribution in [0.1, 0.15) is 79.5 Å². The summed E-state index contributed by atoms with van der Waals surface area (Å²) >= 11 is 0. The highest BCUT2D eigenvalue weighted by molar-refractivity contribution is 6.17. The maximum atomic E-state index is 5.61. The number of aliphatic imine (C=N–C) groups is 2. The summed E-state index contributed by atoms with van der Waals surface area (Å²) in [5, 5.41) is 2.48. The number of benzene rings is 7. The molecule has 0 radical (unpaired) electrons. The van der Waals surface area contributed by atoms with E-state index in [1.165, 1.54) is 72.0 Å². The second-order valence-electron chi connectivity index (χ2n) is 17.2. The zero-order valence-corrected chi connectivity index (χ0v) is 34.4. The Kier molecular flexibility index (Phi) is 8.74. The van der Waals surface area contributed by atoms with Gasteiger partial charge in [-0.15, -0.1) is 0 Å². The number of fused-ring (bicyclic) bond motifs is 6. The van der Waals surface area contributed by atoms with Gasteiger partial charge in [0, 0.05) is 38.7 Å². The number of nitrogens with zero attached hydrogens (tertiary/aromatic N) is 2. The zero-order chi connectivity index (χ0) is 40.4. The van der Waals surface area contributed by atoms with Gasteiger partial charge in [-0.05, 0) is 110 Å². The highest BCUT2D eigenvalue weighted by Gasteiger charge is 2.42. The average molecular weight is 774 g/mol. The van der Waals surface area contributed by atoms with Crippen LogP contribution in [-0.4, -0.2) is 16.5 Å². The summed E-state index contributed by atoms with van der Waals surface area (Å²) < 4.78 is 0. The Morgan fingerprint density at radius 3 is 2.02 bits per heavy atom. The fourth-order valence-electron chi connectivity index (χ4n) is 10.4. The number of H-pyrrole nitrogens is 1. The number of amidine groups is 1. The van der Waals surface area contributed by atoms with Crippen molar-refractivity contribution in [3.63, 3.8) is 0 Å². The van der Waals surface area contributed by atoms with Crippen molar-refractivity contribution >= 4 is 44.5 Å². The first-order valence-electron chi connectivity index (χ1n) is 21.5. The van der Waals surface area contributed by atoms with E-state index < -0.39 is 0 Å². The molecule has 0 amide bonds. The molecule has 0 bridgehead atoms. The maximum Gasteiger partial charge on any atom is 0.155 e. The van der Waals surface area contributed by atoms with E-state index in [-0.39, 0.29) is 17.4 Å². The van der Waals surface area contributed by atoms with Gasteiger partial charge in [0.05, 0.1) is 11.8 Å². The molecule has 0 fully saturated rings. The number of rotatable bonds is 7. The molecule has 0 spiro atoms. The molecule has 1 N–H and O–H groups in total. The van der Waals surface area contributed by atoms with Crippen LogP contribution >= 0.6 is 0 Å². The lowest BCUT2D eigenvalue weighted by molar-refractivity contribution is 0.532. The van der Waals surface area contributed by atoms with E-state index in [9.17, 15) is 0 Å². The molecule has 2 unspecified atom stereocenters. The van der Waals surface area contributed by atoms with Gasteiger partial charge < -0.3 is 4.98 Å². The van der Waals surface area contributed by atoms with Crippen LogP contribution in [0, 0.1) is 5.92 Å². The first-order valence-corrected chi connectivity index (χ1v) is 21.5. The van der Waals surface area contributed by atoms with Gasteiger partial charge in [-0.2, -0.15) is 0 Å². The zero-order valence-electron chi connectivity index (χ0n) is 34.4. The summed E-state index contributed by atoms with van der Waals surface area (Å²) in [6.07, 6.45) is 5.45. The van der Waals surface area contributed by atoms with Crippen LogP contribution in [0.5, 0.6) is 0 Å². The Balaban J connectivity index is 1.03. The van der Waals surface area contributed by atoms with E-state index in [2.05, 4.69) is 202 Å². The minimum absolute atomic E-state index is 0.0849. The Bertz CT molecular complexity index is 3080. The van der Waals surface area contributed by atoms with Crippen LogP contribution in [0.3, 0.4) is 0 Å². The predicted octanol–water partition coefficient (Wildman–Crippen LogP) is 14.6. The average Bonchev–Trinajstić information content (AvgIpc) is 3.80. The highest BCUT2D eigenvalue weighted by atomic mass is 15.0. The van der Waals surface area contributed by atoms with E-state index in [4.69, 9.17) is 9.98 Å². The van der Waals surface area contributed by atoms with Gasteiger partial charge in [0.25, 0.3) is 0 Å². The van der Waals surface area contributed by atoms with E-state index >= 15 is 0 Å². The van der Waals surface area contributed by atoms with Gasteiger partial charge in [-0.3, -0.25) is 4.99 Å². The van der Waals surface area contributed by atoms with Crippen molar-refractivity contribution in [1.82, 2.24) is 4.98 Å². The molecule has 60 heavy (non-hydrogen) atoms. The summed E-state index contributed by atoms with van der Waals surface area (Å²) in [6, 6.07) is 61.9. The molecule has 2 atom stereocenters. The van der Waals surface area contributed by atoms with Crippen LogP contribution < -0.4 is 0 Å². The molecule has 7 aromatic carbocycles. The fraction of sp³-hybridized carbons (Fsp3) is 0.158. The van der Waals surface area contributed by atoms with Gasteiger partial charge >= 0.3 is 0 Å². The molecule has 2 aliphatic carbocycles. The molecule has 0 saturated heterocycles. The lowest BCUT2D eigenvalue weighted by Crippen LogP contribution is -2.28. The Labute approximate surface area is 352 Å². The lowest BCUT2D eigenvalue weighted by atomic mass is 9.75. The number of nitrogens with one attached hydrogen (secondary N) is 1. The third-order valence-corrected chi connectivity index (χ3v) is 13.3. The first kappa shape index (κ1) is 36.3. The van der Waals surface area contributed by atoms with Gasteiger partial charge in [0.15, 0.2) is 5.84 Å². The standard InChI is InChI=1S/C57H47N3/c1-4-44-54(39-27-25-38(26-28-39)36-15-7-5-8-16-36)59-56(60-55(44)42-29-31-47-46-21-11-12-24-51(46)58-52(47)35-42)43-30-32-50-49(34-43)48-23-14-22-45(53(48)57(50,2)3)41-20-13-19-40(33-41)37-17-9-6-10-18-37/h5-13,15-21,23-35,44,54,58H,4,14,22H2,1-3H3. The monoisotopic (exact) mass is 773 g/mol. The van der Waals surface area contributed by atoms with E-state index in [1.54, 1.807) is 0 Å². The number of para-hydroxylation sites is 1. The lowest BCUT2D eigenvalue weighted by Gasteiger charge is -2.30. The third kappa shape index (κ3) is 6.03. The molecular formula is C57H47N3. The van der Waals surface area contributed by atoms with Crippen LogP contribution in [0.15, 0.2) is 191 Å². The van der Waals surface area contributed by atoms with E-state index in [1.807, 2.05) is 0 Å². The molecule has 1 aliphatic heterocycles. The summed E-state index contributed by atoms with van der Waals surface area (Å²) in [4.78, 5) is 14.9. The number of allylic oxidation sites excluding steroid dienone is 4. The highest BCUT2D eigenvalue weighted by Crippen LogP contribution is 2.55. The molecule has 290 valence electrons. The van der Waals surface area contributed by atoms with Crippen molar-refractivity contribution in [2.45, 2.75) is 51.5 Å². The van der Waals surface area contributed by atoms with Crippen molar-refractivity contribution < 1.29 is 0 Å². The second-order valence-corrected chi connectivity index (χ2v) is 17.2. The van der Waals surface area contributed by atoms with Crippen molar-refractivity contribution in [1.29, 1.82) is 0 Å². The van der Waals surface area contributed by atoms with Gasteiger partial charge in [0.1, 0.15) is 0 Å². The normalized spacial score (nSPS) is 18.2. The van der Waals surface area contributed by atoms with Crippen molar-refractivity contribution in [3.8, 4) is 22.3 Å². The summed E-state index contributed by atoms with van der Waals surface area (Å²) in [5.41, 5.74) is 19.9. The first-order chi connectivity index (χ1) is 29.4. The number of aromatic nitrogens is 1. The minimum Gasteiger partial charge on any atom is -0.354 e. The van der Waals surface area contributed by atoms with E-state index in [0.29, 0.717) is 0 Å². The van der Waals surface area contributed by atoms with Crippen LogP contribution in [0.25, 0.3) is 55.2 Å². The molecule has 3 aliphatic rings. The SMILES string of the molecule is CCC1C(c2ccc3c(c2)[nH]c2ccccc23)=NC(c2ccc3c(c2)C2=CCCC(c4cccc(-c5ccccc5)c4)=C2C3(C)C)=NC1c1ccc(-c2ccccc2)cc1.